The van der Waals surface area contributed by atoms with E-state index in [1.165, 1.54) is 28.9 Å². The number of benzene rings is 1. The zero-order valence-corrected chi connectivity index (χ0v) is 15.7. The standard InChI is InChI=1S/C17H15Cl2N3O2S/c1-10-3-2-4-12(5-10)21-16(23)14-8-25-9-22(14)17(24)11-6-13(18)15(19)20-7-11/h2-7,14H,8-9H2,1H3,(H,21,23)/t14-/m0/s1. The molecule has 1 aromatic carbocycles. The maximum atomic E-state index is 12.7. The van der Waals surface area contributed by atoms with Gasteiger partial charge in [-0.15, -0.1) is 11.8 Å². The highest BCUT2D eigenvalue weighted by molar-refractivity contribution is 7.99. The number of halogens is 2. The van der Waals surface area contributed by atoms with Gasteiger partial charge in [0.25, 0.3) is 5.91 Å². The lowest BCUT2D eigenvalue weighted by atomic mass is 10.2. The Balaban J connectivity index is 1.76. The third-order valence-electron chi connectivity index (χ3n) is 3.77. The van der Waals surface area contributed by atoms with Gasteiger partial charge < -0.3 is 10.2 Å². The minimum Gasteiger partial charge on any atom is -0.324 e. The van der Waals surface area contributed by atoms with Gasteiger partial charge in [0.05, 0.1) is 16.5 Å². The summed E-state index contributed by atoms with van der Waals surface area (Å²) in [5, 5.41) is 3.22. The number of carbonyl (C=O) groups is 2. The van der Waals surface area contributed by atoms with Crippen molar-refractivity contribution in [3.8, 4) is 0 Å². The van der Waals surface area contributed by atoms with Crippen molar-refractivity contribution in [1.82, 2.24) is 9.88 Å². The van der Waals surface area contributed by atoms with Gasteiger partial charge in [-0.25, -0.2) is 4.98 Å². The molecule has 130 valence electrons. The van der Waals surface area contributed by atoms with Crippen LogP contribution in [0.4, 0.5) is 5.69 Å². The van der Waals surface area contributed by atoms with E-state index in [1.54, 1.807) is 0 Å². The maximum Gasteiger partial charge on any atom is 0.256 e. The second-order valence-electron chi connectivity index (χ2n) is 5.65. The van der Waals surface area contributed by atoms with Gasteiger partial charge in [-0.3, -0.25) is 9.59 Å². The van der Waals surface area contributed by atoms with E-state index in [2.05, 4.69) is 10.3 Å². The predicted molar refractivity (Wildman–Crippen MR) is 101 cm³/mol. The number of aromatic nitrogens is 1. The molecule has 25 heavy (non-hydrogen) atoms. The average Bonchev–Trinajstić information content (AvgIpc) is 3.06. The van der Waals surface area contributed by atoms with E-state index < -0.39 is 6.04 Å². The first-order valence-electron chi connectivity index (χ1n) is 7.53. The summed E-state index contributed by atoms with van der Waals surface area (Å²) in [5.41, 5.74) is 2.07. The molecule has 0 radical (unpaired) electrons. The molecular formula is C17H15Cl2N3O2S. The van der Waals surface area contributed by atoms with Crippen molar-refractivity contribution >= 4 is 52.5 Å². The molecule has 0 aliphatic carbocycles. The first kappa shape index (κ1) is 18.0. The smallest absolute Gasteiger partial charge is 0.256 e. The Morgan fingerprint density at radius 1 is 1.32 bits per heavy atom. The third kappa shape index (κ3) is 4.08. The molecule has 2 amide bonds. The highest BCUT2D eigenvalue weighted by Crippen LogP contribution is 2.26. The van der Waals surface area contributed by atoms with Gasteiger partial charge in [0.2, 0.25) is 5.91 Å². The van der Waals surface area contributed by atoms with E-state index in [9.17, 15) is 9.59 Å². The van der Waals surface area contributed by atoms with Crippen LogP contribution in [0.2, 0.25) is 10.2 Å². The number of hydrogen-bond donors (Lipinski definition) is 1. The van der Waals surface area contributed by atoms with Crippen molar-refractivity contribution in [3.05, 3.63) is 57.8 Å². The lowest BCUT2D eigenvalue weighted by Gasteiger charge is -2.23. The van der Waals surface area contributed by atoms with Crippen LogP contribution in [0, 0.1) is 6.92 Å². The minimum atomic E-state index is -0.549. The number of rotatable bonds is 3. The fraction of sp³-hybridized carbons (Fsp3) is 0.235. The van der Waals surface area contributed by atoms with Crippen LogP contribution in [-0.2, 0) is 4.79 Å². The number of carbonyl (C=O) groups excluding carboxylic acids is 2. The number of nitrogens with zero attached hydrogens (tertiary/aromatic N) is 2. The Hall–Kier alpha value is -1.76. The van der Waals surface area contributed by atoms with E-state index in [-0.39, 0.29) is 22.0 Å². The molecule has 1 fully saturated rings. The first-order valence-corrected chi connectivity index (χ1v) is 9.44. The summed E-state index contributed by atoms with van der Waals surface area (Å²) >= 11 is 13.3. The minimum absolute atomic E-state index is 0.141. The van der Waals surface area contributed by atoms with Crippen molar-refractivity contribution in [2.24, 2.45) is 0 Å². The van der Waals surface area contributed by atoms with E-state index in [0.29, 0.717) is 22.9 Å². The van der Waals surface area contributed by atoms with Gasteiger partial charge in [0, 0.05) is 17.6 Å². The third-order valence-corrected chi connectivity index (χ3v) is 5.47. The number of hydrogen-bond acceptors (Lipinski definition) is 4. The molecule has 1 aliphatic rings. The zero-order chi connectivity index (χ0) is 18.0. The Morgan fingerprint density at radius 3 is 2.84 bits per heavy atom. The Kier molecular flexibility index (Phi) is 5.51. The number of aryl methyl sites for hydroxylation is 1. The lowest BCUT2D eigenvalue weighted by molar-refractivity contribution is -0.119. The molecule has 0 saturated carbocycles. The van der Waals surface area contributed by atoms with Crippen LogP contribution >= 0.6 is 35.0 Å². The van der Waals surface area contributed by atoms with Crippen molar-refractivity contribution in [1.29, 1.82) is 0 Å². The molecule has 2 aromatic rings. The van der Waals surface area contributed by atoms with Gasteiger partial charge in [-0.2, -0.15) is 0 Å². The Bertz CT molecular complexity index is 831. The van der Waals surface area contributed by atoms with Gasteiger partial charge in [0.15, 0.2) is 0 Å². The molecule has 2 heterocycles. The van der Waals surface area contributed by atoms with Crippen LogP contribution in [0.25, 0.3) is 0 Å². The topological polar surface area (TPSA) is 62.3 Å². The van der Waals surface area contributed by atoms with Crippen LogP contribution in [0.1, 0.15) is 15.9 Å². The molecule has 5 nitrogen and oxygen atoms in total. The fourth-order valence-electron chi connectivity index (χ4n) is 2.51. The first-order chi connectivity index (χ1) is 12.0. The largest absolute Gasteiger partial charge is 0.324 e. The molecule has 1 atom stereocenters. The van der Waals surface area contributed by atoms with Gasteiger partial charge in [-0.1, -0.05) is 35.3 Å². The number of amides is 2. The van der Waals surface area contributed by atoms with Crippen molar-refractivity contribution in [2.45, 2.75) is 13.0 Å². The van der Waals surface area contributed by atoms with Crippen LogP contribution in [-0.4, -0.2) is 39.4 Å². The molecule has 1 aliphatic heterocycles. The van der Waals surface area contributed by atoms with Crippen molar-refractivity contribution in [3.63, 3.8) is 0 Å². The van der Waals surface area contributed by atoms with E-state index in [1.807, 2.05) is 31.2 Å². The maximum absolute atomic E-state index is 12.7. The normalized spacial score (nSPS) is 16.8. The molecule has 0 bridgehead atoms. The number of thioether (sulfide) groups is 1. The molecule has 3 rings (SSSR count). The van der Waals surface area contributed by atoms with Crippen molar-refractivity contribution in [2.75, 3.05) is 16.9 Å². The van der Waals surface area contributed by atoms with Crippen LogP contribution < -0.4 is 5.32 Å². The molecule has 0 unspecified atom stereocenters. The van der Waals surface area contributed by atoms with Gasteiger partial charge in [-0.05, 0) is 30.7 Å². The van der Waals surface area contributed by atoms with Crippen LogP contribution in [0.15, 0.2) is 36.5 Å². The van der Waals surface area contributed by atoms with Crippen LogP contribution in [0.3, 0.4) is 0 Å². The number of pyridine rings is 1. The summed E-state index contributed by atoms with van der Waals surface area (Å²) < 4.78 is 0. The number of nitrogens with one attached hydrogen (secondary N) is 1. The highest BCUT2D eigenvalue weighted by Gasteiger charge is 2.35. The molecule has 0 spiro atoms. The van der Waals surface area contributed by atoms with Crippen LogP contribution in [0.5, 0.6) is 0 Å². The summed E-state index contributed by atoms with van der Waals surface area (Å²) in [4.78, 5) is 30.8. The summed E-state index contributed by atoms with van der Waals surface area (Å²) in [6, 6.07) is 8.45. The lowest BCUT2D eigenvalue weighted by Crippen LogP contribution is -2.44. The molecular weight excluding hydrogens is 381 g/mol. The molecule has 1 aromatic heterocycles. The average molecular weight is 396 g/mol. The summed E-state index contributed by atoms with van der Waals surface area (Å²) in [6.07, 6.45) is 1.37. The summed E-state index contributed by atoms with van der Waals surface area (Å²) in [5.74, 6) is 0.473. The van der Waals surface area contributed by atoms with Gasteiger partial charge in [0.1, 0.15) is 11.2 Å². The van der Waals surface area contributed by atoms with E-state index in [4.69, 9.17) is 23.2 Å². The molecule has 1 saturated heterocycles. The monoisotopic (exact) mass is 395 g/mol. The second kappa shape index (κ2) is 7.64. The quantitative estimate of drug-likeness (QED) is 0.801. The van der Waals surface area contributed by atoms with Gasteiger partial charge >= 0.3 is 0 Å². The molecule has 1 N–H and O–H groups in total. The summed E-state index contributed by atoms with van der Waals surface area (Å²) in [7, 11) is 0. The van der Waals surface area contributed by atoms with E-state index >= 15 is 0 Å². The van der Waals surface area contributed by atoms with E-state index in [0.717, 1.165) is 5.56 Å². The Labute approximate surface area is 159 Å². The Morgan fingerprint density at radius 2 is 2.12 bits per heavy atom. The fourth-order valence-corrected chi connectivity index (χ4v) is 3.94. The SMILES string of the molecule is Cc1cccc(NC(=O)[C@@H]2CSCN2C(=O)c2cnc(Cl)c(Cl)c2)c1. The zero-order valence-electron chi connectivity index (χ0n) is 13.3. The van der Waals surface area contributed by atoms with Crippen molar-refractivity contribution < 1.29 is 9.59 Å². The predicted octanol–water partition coefficient (Wildman–Crippen LogP) is 3.85. The second-order valence-corrected chi connectivity index (χ2v) is 7.41. The number of anilines is 1. The summed E-state index contributed by atoms with van der Waals surface area (Å²) in [6.45, 7) is 1.95. The molecule has 8 heteroatoms. The highest BCUT2D eigenvalue weighted by atomic mass is 35.5.